The molecule has 1 aromatic rings. The van der Waals surface area contributed by atoms with Gasteiger partial charge in [-0.15, -0.1) is 0 Å². The molecule has 7 nitrogen and oxygen atoms in total. The quantitative estimate of drug-likeness (QED) is 0.527. The average molecular weight is 436 g/mol. The third kappa shape index (κ3) is 4.96. The zero-order valence-corrected chi connectivity index (χ0v) is 18.4. The second-order valence-electron chi connectivity index (χ2n) is 6.82. The number of amidine groups is 1. The Balaban J connectivity index is 1.68. The summed E-state index contributed by atoms with van der Waals surface area (Å²) in [5.74, 6) is -0.629. The number of thiocarbonyl (C=S) groups is 1. The van der Waals surface area contributed by atoms with E-state index in [1.807, 2.05) is 31.0 Å². The molecule has 2 aliphatic rings. The number of ether oxygens (including phenoxy) is 2. The zero-order valence-electron chi connectivity index (χ0n) is 16.8. The van der Waals surface area contributed by atoms with Crippen LogP contribution in [0.25, 0.3) is 0 Å². The van der Waals surface area contributed by atoms with Gasteiger partial charge in [-0.05, 0) is 26.0 Å². The van der Waals surface area contributed by atoms with Crippen LogP contribution in [-0.4, -0.2) is 83.1 Å². The number of esters is 1. The van der Waals surface area contributed by atoms with E-state index in [2.05, 4.69) is 9.89 Å². The van der Waals surface area contributed by atoms with Gasteiger partial charge in [0.2, 0.25) is 0 Å². The number of morpholine rings is 1. The fourth-order valence-electron chi connectivity index (χ4n) is 3.10. The number of thioether (sulfide) groups is 1. The van der Waals surface area contributed by atoms with Crippen molar-refractivity contribution >= 4 is 46.0 Å². The van der Waals surface area contributed by atoms with Crippen LogP contribution in [0.3, 0.4) is 0 Å². The fraction of sp³-hybridized carbons (Fsp3) is 0.500. The van der Waals surface area contributed by atoms with Crippen molar-refractivity contribution < 1.29 is 19.1 Å². The monoisotopic (exact) mass is 435 g/mol. The Morgan fingerprint density at radius 3 is 2.48 bits per heavy atom. The highest BCUT2D eigenvalue weighted by Crippen LogP contribution is 2.31. The van der Waals surface area contributed by atoms with Crippen LogP contribution in [0.1, 0.15) is 29.8 Å². The van der Waals surface area contributed by atoms with Crippen molar-refractivity contribution in [2.24, 2.45) is 4.99 Å². The molecule has 0 aliphatic carbocycles. The van der Waals surface area contributed by atoms with E-state index in [1.54, 1.807) is 19.1 Å². The molecule has 0 spiro atoms. The molecular formula is C20H25N3O4S2. The normalized spacial score (nSPS) is 23.3. The first-order chi connectivity index (χ1) is 13.9. The first-order valence-corrected chi connectivity index (χ1v) is 10.9. The minimum atomic E-state index is -0.389. The van der Waals surface area contributed by atoms with Crippen LogP contribution in [0.5, 0.6) is 0 Å². The van der Waals surface area contributed by atoms with Gasteiger partial charge in [0.25, 0.3) is 5.91 Å². The summed E-state index contributed by atoms with van der Waals surface area (Å²) in [6.45, 7) is 6.92. The maximum atomic E-state index is 12.6. The Kier molecular flexibility index (Phi) is 7.26. The molecule has 9 heteroatoms. The largest absolute Gasteiger partial charge is 0.465 e. The van der Waals surface area contributed by atoms with Crippen molar-refractivity contribution in [2.75, 3.05) is 40.0 Å². The highest BCUT2D eigenvalue weighted by Gasteiger charge is 2.40. The lowest BCUT2D eigenvalue weighted by Gasteiger charge is -2.29. The van der Waals surface area contributed by atoms with Gasteiger partial charge in [-0.25, -0.2) is 0 Å². The Morgan fingerprint density at radius 2 is 1.86 bits per heavy atom. The smallest absolute Gasteiger partial charge is 0.321 e. The number of carbonyl (C=O) groups excluding carboxylic acids is 2. The van der Waals surface area contributed by atoms with E-state index in [0.29, 0.717) is 30.6 Å². The molecule has 2 saturated heterocycles. The number of nitrogens with zero attached hydrogens (tertiary/aromatic N) is 3. The number of rotatable bonds is 4. The van der Waals surface area contributed by atoms with Crippen molar-refractivity contribution in [3.05, 3.63) is 35.4 Å². The predicted octanol–water partition coefficient (Wildman–Crippen LogP) is 2.19. The van der Waals surface area contributed by atoms with Crippen molar-refractivity contribution in [1.82, 2.24) is 9.80 Å². The van der Waals surface area contributed by atoms with E-state index in [9.17, 15) is 9.59 Å². The maximum absolute atomic E-state index is 12.6. The molecule has 29 heavy (non-hydrogen) atoms. The van der Waals surface area contributed by atoms with Crippen LogP contribution >= 0.6 is 24.0 Å². The number of hydrogen-bond donors (Lipinski definition) is 0. The van der Waals surface area contributed by atoms with Gasteiger partial charge in [0.05, 0.1) is 25.9 Å². The minimum Gasteiger partial charge on any atom is -0.465 e. The molecule has 2 fully saturated rings. The summed E-state index contributed by atoms with van der Waals surface area (Å²) >= 11 is 6.82. The van der Waals surface area contributed by atoms with Crippen LogP contribution in [0, 0.1) is 0 Å². The third-order valence-corrected chi connectivity index (χ3v) is 6.90. The molecule has 2 unspecified atom stereocenters. The minimum absolute atomic E-state index is 0.0983. The van der Waals surface area contributed by atoms with Crippen molar-refractivity contribution in [1.29, 1.82) is 0 Å². The van der Waals surface area contributed by atoms with E-state index < -0.39 is 0 Å². The summed E-state index contributed by atoms with van der Waals surface area (Å²) in [7, 11) is 1.83. The van der Waals surface area contributed by atoms with Crippen LogP contribution in [0.2, 0.25) is 0 Å². The van der Waals surface area contributed by atoms with Crippen molar-refractivity contribution in [3.8, 4) is 0 Å². The molecule has 156 valence electrons. The fourth-order valence-corrected chi connectivity index (χ4v) is 4.66. The molecule has 0 bridgehead atoms. The first-order valence-electron chi connectivity index (χ1n) is 9.58. The molecule has 2 heterocycles. The van der Waals surface area contributed by atoms with Gasteiger partial charge < -0.3 is 19.3 Å². The standard InChI is InChI=1S/C20H25N3O4S2/c1-4-27-19(25)16-13(2)22(3)20(29-16)21-17(24)14-5-7-15(8-6-14)18(28)23-9-11-26-12-10-23/h5-8,13,16H,4,9-12H2,1-3H3. The number of amides is 1. The summed E-state index contributed by atoms with van der Waals surface area (Å²) in [6.07, 6.45) is 0. The van der Waals surface area contributed by atoms with E-state index in [-0.39, 0.29) is 23.2 Å². The van der Waals surface area contributed by atoms with Gasteiger partial charge in [-0.3, -0.25) is 9.59 Å². The summed E-state index contributed by atoms with van der Waals surface area (Å²) < 4.78 is 10.5. The lowest BCUT2D eigenvalue weighted by atomic mass is 10.1. The topological polar surface area (TPSA) is 71.4 Å². The maximum Gasteiger partial charge on any atom is 0.321 e. The van der Waals surface area contributed by atoms with Crippen LogP contribution < -0.4 is 0 Å². The Hall–Kier alpha value is -1.97. The van der Waals surface area contributed by atoms with Crippen LogP contribution in [-0.2, 0) is 14.3 Å². The summed E-state index contributed by atoms with van der Waals surface area (Å²) in [6, 6.07) is 7.07. The average Bonchev–Trinajstić information content (AvgIpc) is 3.02. The molecule has 0 radical (unpaired) electrons. The molecule has 0 saturated carbocycles. The SMILES string of the molecule is CCOC(=O)C1SC(=NC(=O)c2ccc(C(=S)N3CCOCC3)cc2)N(C)C1C. The Morgan fingerprint density at radius 1 is 1.24 bits per heavy atom. The molecule has 3 rings (SSSR count). The number of carbonyl (C=O) groups is 2. The third-order valence-electron chi connectivity index (χ3n) is 4.98. The van der Waals surface area contributed by atoms with Gasteiger partial charge >= 0.3 is 5.97 Å². The molecule has 1 amide bonds. The summed E-state index contributed by atoms with van der Waals surface area (Å²) in [5.41, 5.74) is 1.38. The lowest BCUT2D eigenvalue weighted by molar-refractivity contribution is -0.143. The van der Waals surface area contributed by atoms with Gasteiger partial charge in [0.1, 0.15) is 10.2 Å². The second-order valence-corrected chi connectivity index (χ2v) is 8.32. The van der Waals surface area contributed by atoms with Gasteiger partial charge in [0.15, 0.2) is 5.17 Å². The first kappa shape index (κ1) is 21.7. The molecule has 2 atom stereocenters. The number of hydrogen-bond acceptors (Lipinski definition) is 6. The van der Waals surface area contributed by atoms with E-state index >= 15 is 0 Å². The van der Waals surface area contributed by atoms with E-state index in [0.717, 1.165) is 23.6 Å². The molecule has 0 N–H and O–H groups in total. The highest BCUT2D eigenvalue weighted by molar-refractivity contribution is 8.15. The van der Waals surface area contributed by atoms with Crippen molar-refractivity contribution in [3.63, 3.8) is 0 Å². The summed E-state index contributed by atoms with van der Waals surface area (Å²) in [4.78, 5) is 33.7. The zero-order chi connectivity index (χ0) is 21.0. The second kappa shape index (κ2) is 9.69. The molecule has 1 aromatic carbocycles. The summed E-state index contributed by atoms with van der Waals surface area (Å²) in [5, 5.41) is 0.133. The lowest BCUT2D eigenvalue weighted by Crippen LogP contribution is -2.40. The van der Waals surface area contributed by atoms with Crippen molar-refractivity contribution in [2.45, 2.75) is 25.1 Å². The van der Waals surface area contributed by atoms with Gasteiger partial charge in [0, 0.05) is 31.3 Å². The van der Waals surface area contributed by atoms with E-state index in [1.165, 1.54) is 11.8 Å². The highest BCUT2D eigenvalue weighted by atomic mass is 32.2. The number of aliphatic imine (C=N–C) groups is 1. The van der Waals surface area contributed by atoms with E-state index in [4.69, 9.17) is 21.7 Å². The number of benzene rings is 1. The Bertz CT molecular complexity index is 806. The van der Waals surface area contributed by atoms with Crippen LogP contribution in [0.4, 0.5) is 0 Å². The molecular weight excluding hydrogens is 410 g/mol. The molecule has 2 aliphatic heterocycles. The Labute approximate surface area is 180 Å². The predicted molar refractivity (Wildman–Crippen MR) is 118 cm³/mol. The van der Waals surface area contributed by atoms with Gasteiger partial charge in [-0.2, -0.15) is 4.99 Å². The van der Waals surface area contributed by atoms with Crippen LogP contribution in [0.15, 0.2) is 29.3 Å². The van der Waals surface area contributed by atoms with Gasteiger partial charge in [-0.1, -0.05) is 36.1 Å². The molecule has 0 aromatic heterocycles.